The van der Waals surface area contributed by atoms with Crippen molar-refractivity contribution in [3.05, 3.63) is 47.9 Å². The van der Waals surface area contributed by atoms with Gasteiger partial charge >= 0.3 is 0 Å². The Morgan fingerprint density at radius 1 is 1.21 bits per heavy atom. The number of benzene rings is 1. The van der Waals surface area contributed by atoms with Crippen LogP contribution in [0.4, 0.5) is 0 Å². The summed E-state index contributed by atoms with van der Waals surface area (Å²) in [5.41, 5.74) is 2.38. The monoisotopic (exact) mass is 383 g/mol. The van der Waals surface area contributed by atoms with Crippen LogP contribution in [-0.4, -0.2) is 46.9 Å². The summed E-state index contributed by atoms with van der Waals surface area (Å²) in [6.07, 6.45) is 4.38. The fourth-order valence-electron chi connectivity index (χ4n) is 4.35. The van der Waals surface area contributed by atoms with Gasteiger partial charge in [-0.2, -0.15) is 0 Å². The maximum atomic E-state index is 9.20. The van der Waals surface area contributed by atoms with Crippen LogP contribution < -0.4 is 0 Å². The van der Waals surface area contributed by atoms with Gasteiger partial charge in [-0.15, -0.1) is 10.2 Å². The van der Waals surface area contributed by atoms with Gasteiger partial charge in [0.15, 0.2) is 0 Å². The van der Waals surface area contributed by atoms with Crippen molar-refractivity contribution in [1.82, 2.24) is 15.1 Å². The molecular formula is C23H33N3O2. The average Bonchev–Trinajstić information content (AvgIpc) is 3.13. The molecule has 1 aromatic carbocycles. The Hall–Kier alpha value is -1.98. The van der Waals surface area contributed by atoms with Crippen LogP contribution >= 0.6 is 0 Å². The minimum absolute atomic E-state index is 0.210. The third-order valence-corrected chi connectivity index (χ3v) is 6.00. The first-order valence-electron chi connectivity index (χ1n) is 10.3. The van der Waals surface area contributed by atoms with Gasteiger partial charge < -0.3 is 14.4 Å². The highest BCUT2D eigenvalue weighted by Gasteiger charge is 2.33. The molecule has 1 aliphatic rings. The summed E-state index contributed by atoms with van der Waals surface area (Å²) in [7, 11) is 2.09. The molecule has 0 saturated carbocycles. The van der Waals surface area contributed by atoms with Gasteiger partial charge in [-0.25, -0.2) is 0 Å². The van der Waals surface area contributed by atoms with E-state index >= 15 is 0 Å². The second kappa shape index (κ2) is 9.48. The highest BCUT2D eigenvalue weighted by Crippen LogP contribution is 2.39. The van der Waals surface area contributed by atoms with Gasteiger partial charge in [0.1, 0.15) is 0 Å². The maximum absolute atomic E-state index is 9.20. The van der Waals surface area contributed by atoms with Crippen LogP contribution in [0.25, 0.3) is 11.5 Å². The molecule has 152 valence electrons. The lowest BCUT2D eigenvalue weighted by Crippen LogP contribution is -2.36. The van der Waals surface area contributed by atoms with Crippen molar-refractivity contribution < 1.29 is 9.52 Å². The standard InChI is InChI=1S/C23H33N3O2/c1-16(2)21-13-19(17(3)12-20(21)15-26(4)10-11-27)14-22-24-25-23(28-22)18-8-6-5-7-9-18/h5-9,12,16,19-21,27H,10-11,13-15H2,1-4H3. The largest absolute Gasteiger partial charge is 0.421 e. The van der Waals surface area contributed by atoms with Crippen LogP contribution in [0, 0.1) is 23.7 Å². The molecule has 3 atom stereocenters. The van der Waals surface area contributed by atoms with Gasteiger partial charge in [0.25, 0.3) is 0 Å². The van der Waals surface area contributed by atoms with E-state index in [4.69, 9.17) is 4.42 Å². The number of aliphatic hydroxyl groups is 1. The van der Waals surface area contributed by atoms with Gasteiger partial charge in [-0.3, -0.25) is 0 Å². The smallest absolute Gasteiger partial charge is 0.247 e. The van der Waals surface area contributed by atoms with Gasteiger partial charge in [0, 0.05) is 25.1 Å². The zero-order valence-corrected chi connectivity index (χ0v) is 17.5. The van der Waals surface area contributed by atoms with Crippen molar-refractivity contribution in [3.63, 3.8) is 0 Å². The van der Waals surface area contributed by atoms with Crippen LogP contribution in [0.15, 0.2) is 46.4 Å². The zero-order valence-electron chi connectivity index (χ0n) is 17.5. The predicted octanol–water partition coefficient (Wildman–Crippen LogP) is 4.06. The summed E-state index contributed by atoms with van der Waals surface area (Å²) in [4.78, 5) is 2.23. The van der Waals surface area contributed by atoms with Crippen LogP contribution in [0.3, 0.4) is 0 Å². The van der Waals surface area contributed by atoms with Gasteiger partial charge in [0.05, 0.1) is 6.61 Å². The number of likely N-dealkylation sites (N-methyl/N-ethyl adjacent to an activating group) is 1. The quantitative estimate of drug-likeness (QED) is 0.697. The molecule has 0 aliphatic heterocycles. The summed E-state index contributed by atoms with van der Waals surface area (Å²) >= 11 is 0. The zero-order chi connectivity index (χ0) is 20.1. The molecule has 0 fully saturated rings. The van der Waals surface area contributed by atoms with E-state index in [0.29, 0.717) is 29.6 Å². The predicted molar refractivity (Wildman–Crippen MR) is 112 cm³/mol. The fraction of sp³-hybridized carbons (Fsp3) is 0.565. The summed E-state index contributed by atoms with van der Waals surface area (Å²) in [5, 5.41) is 17.7. The Morgan fingerprint density at radius 3 is 2.64 bits per heavy atom. The SMILES string of the molecule is CC1=CC(CN(C)CCO)C(C(C)C)CC1Cc1nnc(-c2ccccc2)o1. The Balaban J connectivity index is 1.71. The molecule has 1 N–H and O–H groups in total. The fourth-order valence-corrected chi connectivity index (χ4v) is 4.35. The van der Waals surface area contributed by atoms with Crippen molar-refractivity contribution in [2.75, 3.05) is 26.7 Å². The first-order chi connectivity index (χ1) is 13.5. The minimum Gasteiger partial charge on any atom is -0.421 e. The average molecular weight is 384 g/mol. The molecule has 0 saturated heterocycles. The molecule has 5 nitrogen and oxygen atoms in total. The highest BCUT2D eigenvalue weighted by atomic mass is 16.4. The molecular weight excluding hydrogens is 350 g/mol. The molecule has 1 heterocycles. The van der Waals surface area contributed by atoms with E-state index in [1.165, 1.54) is 5.57 Å². The molecule has 3 rings (SSSR count). The minimum atomic E-state index is 0.210. The molecule has 0 bridgehead atoms. The molecule has 0 radical (unpaired) electrons. The summed E-state index contributed by atoms with van der Waals surface area (Å²) in [6, 6.07) is 9.93. The van der Waals surface area contributed by atoms with E-state index in [-0.39, 0.29) is 6.61 Å². The third kappa shape index (κ3) is 5.09. The van der Waals surface area contributed by atoms with Crippen molar-refractivity contribution in [3.8, 4) is 11.5 Å². The molecule has 3 unspecified atom stereocenters. The lowest BCUT2D eigenvalue weighted by atomic mass is 9.69. The van der Waals surface area contributed by atoms with E-state index in [2.05, 4.69) is 49.0 Å². The Labute approximate surface area is 168 Å². The lowest BCUT2D eigenvalue weighted by molar-refractivity contribution is 0.156. The second-order valence-corrected chi connectivity index (χ2v) is 8.47. The molecule has 1 aromatic heterocycles. The topological polar surface area (TPSA) is 62.4 Å². The second-order valence-electron chi connectivity index (χ2n) is 8.47. The Kier molecular flexibility index (Phi) is 7.03. The number of allylic oxidation sites excluding steroid dienone is 1. The van der Waals surface area contributed by atoms with E-state index in [1.807, 2.05) is 30.3 Å². The number of hydrogen-bond donors (Lipinski definition) is 1. The van der Waals surface area contributed by atoms with Crippen molar-refractivity contribution >= 4 is 0 Å². The third-order valence-electron chi connectivity index (χ3n) is 6.00. The van der Waals surface area contributed by atoms with Crippen molar-refractivity contribution in [2.45, 2.75) is 33.6 Å². The molecule has 0 amide bonds. The summed E-state index contributed by atoms with van der Waals surface area (Å²) < 4.78 is 5.95. The van der Waals surface area contributed by atoms with E-state index < -0.39 is 0 Å². The molecule has 5 heteroatoms. The Bertz CT molecular complexity index is 769. The lowest BCUT2D eigenvalue weighted by Gasteiger charge is -2.38. The van der Waals surface area contributed by atoms with Crippen LogP contribution in [0.1, 0.15) is 33.1 Å². The Morgan fingerprint density at radius 2 is 1.96 bits per heavy atom. The van der Waals surface area contributed by atoms with Gasteiger partial charge in [0.2, 0.25) is 11.8 Å². The maximum Gasteiger partial charge on any atom is 0.247 e. The van der Waals surface area contributed by atoms with Gasteiger partial charge in [-0.1, -0.05) is 43.7 Å². The van der Waals surface area contributed by atoms with Crippen molar-refractivity contribution in [1.29, 1.82) is 0 Å². The molecule has 1 aliphatic carbocycles. The highest BCUT2D eigenvalue weighted by molar-refractivity contribution is 5.51. The summed E-state index contributed by atoms with van der Waals surface area (Å²) in [6.45, 7) is 8.79. The van der Waals surface area contributed by atoms with E-state index in [0.717, 1.165) is 37.4 Å². The van der Waals surface area contributed by atoms with Crippen LogP contribution in [0.2, 0.25) is 0 Å². The number of hydrogen-bond acceptors (Lipinski definition) is 5. The number of aromatic nitrogens is 2. The first-order valence-corrected chi connectivity index (χ1v) is 10.3. The number of nitrogens with zero attached hydrogens (tertiary/aromatic N) is 3. The number of rotatable bonds is 8. The van der Waals surface area contributed by atoms with Crippen LogP contribution in [-0.2, 0) is 6.42 Å². The number of aliphatic hydroxyl groups excluding tert-OH is 1. The van der Waals surface area contributed by atoms with Crippen LogP contribution in [0.5, 0.6) is 0 Å². The molecule has 0 spiro atoms. The first kappa shape index (κ1) is 20.7. The van der Waals surface area contributed by atoms with Crippen molar-refractivity contribution in [2.24, 2.45) is 23.7 Å². The normalized spacial score (nSPS) is 22.7. The van der Waals surface area contributed by atoms with E-state index in [9.17, 15) is 5.11 Å². The molecule has 2 aromatic rings. The summed E-state index contributed by atoms with van der Waals surface area (Å²) in [5.74, 6) is 3.51. The van der Waals surface area contributed by atoms with E-state index in [1.54, 1.807) is 0 Å². The van der Waals surface area contributed by atoms with Gasteiger partial charge in [-0.05, 0) is 56.2 Å². The molecule has 28 heavy (non-hydrogen) atoms.